The smallest absolute Gasteiger partial charge is 0.264 e. The van der Waals surface area contributed by atoms with Gasteiger partial charge in [0.1, 0.15) is 12.6 Å². The molecule has 0 aromatic heterocycles. The van der Waals surface area contributed by atoms with Gasteiger partial charge in [-0.2, -0.15) is 0 Å². The second-order valence-corrected chi connectivity index (χ2v) is 11.7. The van der Waals surface area contributed by atoms with Crippen molar-refractivity contribution in [3.63, 3.8) is 0 Å². The Morgan fingerprint density at radius 2 is 1.45 bits per heavy atom. The first kappa shape index (κ1) is 29.5. The summed E-state index contributed by atoms with van der Waals surface area (Å²) in [5, 5.41) is 3.34. The summed E-state index contributed by atoms with van der Waals surface area (Å²) in [6.07, 6.45) is 0.726. The maximum absolute atomic E-state index is 13.9. The Labute approximate surface area is 234 Å². The summed E-state index contributed by atoms with van der Waals surface area (Å²) < 4.78 is 28.5. The van der Waals surface area contributed by atoms with Gasteiger partial charge in [0, 0.05) is 22.6 Å². The minimum absolute atomic E-state index is 0.000990. The number of nitrogens with zero attached hydrogens (tertiary/aromatic N) is 2. The standard InChI is InChI=1S/C28H31Cl2N3O4S/c1-4-20(2)31-28(35)21(3)32(18-22-11-7-5-8-12-22)27(34)19-33(25-16-23(29)15-24(30)17-25)38(36,37)26-13-9-6-10-14-26/h5-17,20-21H,4,18-19H2,1-3H3,(H,31,35)/t20-,21+/m0/s1. The lowest BCUT2D eigenvalue weighted by molar-refractivity contribution is -0.139. The zero-order valence-electron chi connectivity index (χ0n) is 21.5. The fourth-order valence-electron chi connectivity index (χ4n) is 3.76. The van der Waals surface area contributed by atoms with Crippen molar-refractivity contribution in [2.45, 2.75) is 50.7 Å². The van der Waals surface area contributed by atoms with E-state index in [0.29, 0.717) is 0 Å². The van der Waals surface area contributed by atoms with Gasteiger partial charge in [0.05, 0.1) is 10.6 Å². The highest BCUT2D eigenvalue weighted by Gasteiger charge is 2.33. The van der Waals surface area contributed by atoms with Crippen molar-refractivity contribution in [1.29, 1.82) is 0 Å². The average Bonchev–Trinajstić information content (AvgIpc) is 2.90. The Morgan fingerprint density at radius 3 is 2.00 bits per heavy atom. The third kappa shape index (κ3) is 7.49. The highest BCUT2D eigenvalue weighted by Crippen LogP contribution is 2.30. The molecule has 202 valence electrons. The number of nitrogens with one attached hydrogen (secondary N) is 1. The summed E-state index contributed by atoms with van der Waals surface area (Å²) in [6.45, 7) is 5.01. The van der Waals surface area contributed by atoms with Crippen molar-refractivity contribution in [1.82, 2.24) is 10.2 Å². The van der Waals surface area contributed by atoms with Crippen LogP contribution in [0.15, 0.2) is 83.8 Å². The average molecular weight is 577 g/mol. The predicted molar refractivity (Wildman–Crippen MR) is 152 cm³/mol. The molecule has 0 saturated heterocycles. The van der Waals surface area contributed by atoms with Crippen molar-refractivity contribution in [3.8, 4) is 0 Å². The fourth-order valence-corrected chi connectivity index (χ4v) is 5.69. The van der Waals surface area contributed by atoms with E-state index in [0.717, 1.165) is 16.3 Å². The van der Waals surface area contributed by atoms with Gasteiger partial charge in [-0.05, 0) is 56.2 Å². The molecule has 3 aromatic rings. The molecule has 3 rings (SSSR count). The Bertz CT molecular complexity index is 1330. The first-order valence-electron chi connectivity index (χ1n) is 12.2. The van der Waals surface area contributed by atoms with Crippen LogP contribution < -0.4 is 9.62 Å². The molecule has 0 bridgehead atoms. The number of anilines is 1. The molecule has 0 saturated carbocycles. The number of hydrogen-bond acceptors (Lipinski definition) is 4. The third-order valence-corrected chi connectivity index (χ3v) is 8.33. The quantitative estimate of drug-likeness (QED) is 0.326. The molecule has 0 radical (unpaired) electrons. The molecular weight excluding hydrogens is 545 g/mol. The van der Waals surface area contributed by atoms with E-state index in [9.17, 15) is 18.0 Å². The van der Waals surface area contributed by atoms with Crippen LogP contribution in [0, 0.1) is 0 Å². The number of amides is 2. The number of benzene rings is 3. The molecule has 38 heavy (non-hydrogen) atoms. The Morgan fingerprint density at radius 1 is 0.895 bits per heavy atom. The second kappa shape index (κ2) is 13.1. The summed E-state index contributed by atoms with van der Waals surface area (Å²) in [5.41, 5.74) is 0.934. The highest BCUT2D eigenvalue weighted by atomic mass is 35.5. The van der Waals surface area contributed by atoms with Crippen molar-refractivity contribution in [2.75, 3.05) is 10.8 Å². The van der Waals surface area contributed by atoms with Crippen molar-refractivity contribution in [3.05, 3.63) is 94.5 Å². The first-order chi connectivity index (χ1) is 18.0. The highest BCUT2D eigenvalue weighted by molar-refractivity contribution is 7.92. The van der Waals surface area contributed by atoms with E-state index in [1.54, 1.807) is 25.1 Å². The number of rotatable bonds is 11. The summed E-state index contributed by atoms with van der Waals surface area (Å²) >= 11 is 12.4. The van der Waals surface area contributed by atoms with E-state index < -0.39 is 28.5 Å². The van der Waals surface area contributed by atoms with Gasteiger partial charge in [0.2, 0.25) is 11.8 Å². The molecule has 3 aromatic carbocycles. The van der Waals surface area contributed by atoms with Gasteiger partial charge in [-0.1, -0.05) is 78.7 Å². The van der Waals surface area contributed by atoms with Crippen molar-refractivity contribution >= 4 is 50.7 Å². The van der Waals surface area contributed by atoms with E-state index in [4.69, 9.17) is 23.2 Å². The Kier molecular flexibility index (Phi) is 10.2. The van der Waals surface area contributed by atoms with Crippen LogP contribution in [0.25, 0.3) is 0 Å². The molecular formula is C28H31Cl2N3O4S. The van der Waals surface area contributed by atoms with Gasteiger partial charge in [0.15, 0.2) is 0 Å². The van der Waals surface area contributed by atoms with Gasteiger partial charge in [-0.15, -0.1) is 0 Å². The number of carbonyl (C=O) groups excluding carboxylic acids is 2. The van der Waals surface area contributed by atoms with Crippen LogP contribution in [0.2, 0.25) is 10.0 Å². The SMILES string of the molecule is CC[C@H](C)NC(=O)[C@@H](C)N(Cc1ccccc1)C(=O)CN(c1cc(Cl)cc(Cl)c1)S(=O)(=O)c1ccccc1. The molecule has 2 amide bonds. The molecule has 1 N–H and O–H groups in total. The van der Waals surface area contributed by atoms with E-state index in [1.165, 1.54) is 35.2 Å². The lowest BCUT2D eigenvalue weighted by Crippen LogP contribution is -2.52. The maximum Gasteiger partial charge on any atom is 0.264 e. The minimum atomic E-state index is -4.19. The van der Waals surface area contributed by atoms with E-state index in [1.807, 2.05) is 44.2 Å². The fraction of sp³-hybridized carbons (Fsp3) is 0.286. The molecule has 0 heterocycles. The van der Waals surface area contributed by atoms with Crippen LogP contribution in [0.4, 0.5) is 5.69 Å². The van der Waals surface area contributed by atoms with Crippen molar-refractivity contribution < 1.29 is 18.0 Å². The second-order valence-electron chi connectivity index (χ2n) is 8.95. The summed E-state index contributed by atoms with van der Waals surface area (Å²) in [7, 11) is -4.19. The van der Waals surface area contributed by atoms with Crippen LogP contribution >= 0.6 is 23.2 Å². The topological polar surface area (TPSA) is 86.8 Å². The zero-order chi connectivity index (χ0) is 27.9. The lowest BCUT2D eigenvalue weighted by Gasteiger charge is -2.32. The molecule has 0 aliphatic carbocycles. The third-order valence-electron chi connectivity index (χ3n) is 6.11. The van der Waals surface area contributed by atoms with Crippen molar-refractivity contribution in [2.24, 2.45) is 0 Å². The van der Waals surface area contributed by atoms with E-state index in [2.05, 4.69) is 5.32 Å². The van der Waals surface area contributed by atoms with Gasteiger partial charge in [0.25, 0.3) is 10.0 Å². The molecule has 7 nitrogen and oxygen atoms in total. The normalized spacial score (nSPS) is 12.9. The number of hydrogen-bond donors (Lipinski definition) is 1. The molecule has 0 aliphatic rings. The maximum atomic E-state index is 13.9. The van der Waals surface area contributed by atoms with E-state index in [-0.39, 0.29) is 39.1 Å². The van der Waals surface area contributed by atoms with Crippen LogP contribution in [0.5, 0.6) is 0 Å². The molecule has 2 atom stereocenters. The molecule has 0 aliphatic heterocycles. The number of carbonyl (C=O) groups is 2. The minimum Gasteiger partial charge on any atom is -0.352 e. The van der Waals surface area contributed by atoms with Gasteiger partial charge in [-0.25, -0.2) is 8.42 Å². The molecule has 10 heteroatoms. The summed E-state index contributed by atoms with van der Waals surface area (Å²) in [4.78, 5) is 28.3. The number of halogens is 2. The summed E-state index contributed by atoms with van der Waals surface area (Å²) in [6, 6.07) is 20.4. The Hall–Kier alpha value is -3.07. The number of sulfonamides is 1. The zero-order valence-corrected chi connectivity index (χ0v) is 23.8. The van der Waals surface area contributed by atoms with Crippen LogP contribution in [0.3, 0.4) is 0 Å². The first-order valence-corrected chi connectivity index (χ1v) is 14.4. The lowest BCUT2D eigenvalue weighted by atomic mass is 10.1. The van der Waals surface area contributed by atoms with E-state index >= 15 is 0 Å². The molecule has 0 fully saturated rings. The van der Waals surface area contributed by atoms with Gasteiger partial charge >= 0.3 is 0 Å². The van der Waals surface area contributed by atoms with Gasteiger partial charge < -0.3 is 10.2 Å². The van der Waals surface area contributed by atoms with Crippen LogP contribution in [0.1, 0.15) is 32.8 Å². The van der Waals surface area contributed by atoms with Crippen LogP contribution in [-0.2, 0) is 26.2 Å². The molecule has 0 unspecified atom stereocenters. The monoisotopic (exact) mass is 575 g/mol. The molecule has 0 spiro atoms. The van der Waals surface area contributed by atoms with Crippen LogP contribution in [-0.4, -0.2) is 43.8 Å². The summed E-state index contributed by atoms with van der Waals surface area (Å²) in [5.74, 6) is -0.886. The largest absolute Gasteiger partial charge is 0.352 e. The Balaban J connectivity index is 2.03. The predicted octanol–water partition coefficient (Wildman–Crippen LogP) is 5.52. The van der Waals surface area contributed by atoms with Gasteiger partial charge in [-0.3, -0.25) is 13.9 Å².